The summed E-state index contributed by atoms with van der Waals surface area (Å²) in [6.45, 7) is 2.73. The molecule has 1 heterocycles. The van der Waals surface area contributed by atoms with Crippen molar-refractivity contribution < 1.29 is 4.39 Å². The van der Waals surface area contributed by atoms with Gasteiger partial charge in [-0.2, -0.15) is 0 Å². The number of fused-ring (bicyclic) bond motifs is 1. The zero-order valence-electron chi connectivity index (χ0n) is 10.5. The van der Waals surface area contributed by atoms with E-state index in [0.717, 1.165) is 23.5 Å². The average Bonchev–Trinajstić information content (AvgIpc) is 2.54. The first kappa shape index (κ1) is 11.9. The zero-order chi connectivity index (χ0) is 12.7. The van der Waals surface area contributed by atoms with E-state index in [4.69, 9.17) is 12.2 Å². The Labute approximate surface area is 111 Å². The molecule has 96 valence electrons. The molecule has 1 aromatic heterocycles. The summed E-state index contributed by atoms with van der Waals surface area (Å²) >= 11 is 5.33. The van der Waals surface area contributed by atoms with Gasteiger partial charge < -0.3 is 9.55 Å². The summed E-state index contributed by atoms with van der Waals surface area (Å²) in [5, 5.41) is 0. The van der Waals surface area contributed by atoms with Gasteiger partial charge in [0.05, 0.1) is 11.0 Å². The van der Waals surface area contributed by atoms with Gasteiger partial charge in [0.2, 0.25) is 0 Å². The van der Waals surface area contributed by atoms with Gasteiger partial charge in [0, 0.05) is 6.54 Å². The Kier molecular flexibility index (Phi) is 2.98. The predicted molar refractivity (Wildman–Crippen MR) is 73.8 cm³/mol. The van der Waals surface area contributed by atoms with Crippen molar-refractivity contribution in [2.45, 2.75) is 39.2 Å². The van der Waals surface area contributed by atoms with E-state index in [0.29, 0.717) is 10.3 Å². The molecule has 1 aliphatic rings. The highest BCUT2D eigenvalue weighted by Crippen LogP contribution is 2.30. The SMILES string of the molecule is Cc1cc2c(cc1F)[nH]c(=S)n2CCC1CCC1. The number of aryl methyl sites for hydroxylation is 2. The molecule has 1 saturated carbocycles. The minimum atomic E-state index is -0.176. The lowest BCUT2D eigenvalue weighted by atomic mass is 9.83. The van der Waals surface area contributed by atoms with Crippen molar-refractivity contribution in [3.63, 3.8) is 0 Å². The summed E-state index contributed by atoms with van der Waals surface area (Å²) in [4.78, 5) is 3.09. The van der Waals surface area contributed by atoms with Gasteiger partial charge in [0.15, 0.2) is 4.77 Å². The molecule has 2 nitrogen and oxygen atoms in total. The normalized spacial score (nSPS) is 16.1. The van der Waals surface area contributed by atoms with Crippen LogP contribution in [0.1, 0.15) is 31.2 Å². The minimum Gasteiger partial charge on any atom is -0.330 e. The van der Waals surface area contributed by atoms with E-state index in [9.17, 15) is 4.39 Å². The van der Waals surface area contributed by atoms with Crippen molar-refractivity contribution in [1.82, 2.24) is 9.55 Å². The van der Waals surface area contributed by atoms with Gasteiger partial charge in [-0.05, 0) is 49.2 Å². The fourth-order valence-corrected chi connectivity index (χ4v) is 2.90. The van der Waals surface area contributed by atoms with E-state index in [1.54, 1.807) is 13.0 Å². The Hall–Kier alpha value is -1.16. The third kappa shape index (κ3) is 1.99. The number of rotatable bonds is 3. The summed E-state index contributed by atoms with van der Waals surface area (Å²) in [7, 11) is 0. The molecule has 0 atom stereocenters. The first-order valence-electron chi connectivity index (χ1n) is 6.54. The first-order valence-corrected chi connectivity index (χ1v) is 6.94. The lowest BCUT2D eigenvalue weighted by Gasteiger charge is -2.25. The van der Waals surface area contributed by atoms with Gasteiger partial charge in [0.25, 0.3) is 0 Å². The lowest BCUT2D eigenvalue weighted by molar-refractivity contribution is 0.283. The zero-order valence-corrected chi connectivity index (χ0v) is 11.3. The standard InChI is InChI=1S/C14H17FN2S/c1-9-7-13-12(8-11(9)15)16-14(18)17(13)6-5-10-3-2-4-10/h7-8,10H,2-6H2,1H3,(H,16,18). The third-order valence-electron chi connectivity index (χ3n) is 4.04. The molecule has 4 heteroatoms. The highest BCUT2D eigenvalue weighted by molar-refractivity contribution is 7.71. The second-order valence-electron chi connectivity index (χ2n) is 5.29. The molecular weight excluding hydrogens is 247 g/mol. The molecule has 0 spiro atoms. The van der Waals surface area contributed by atoms with Crippen LogP contribution < -0.4 is 0 Å². The molecule has 1 N–H and O–H groups in total. The van der Waals surface area contributed by atoms with Crippen LogP contribution in [0.4, 0.5) is 4.39 Å². The Morgan fingerprint density at radius 3 is 2.89 bits per heavy atom. The van der Waals surface area contributed by atoms with E-state index in [-0.39, 0.29) is 5.82 Å². The van der Waals surface area contributed by atoms with Crippen LogP contribution >= 0.6 is 12.2 Å². The summed E-state index contributed by atoms with van der Waals surface area (Å²) in [5.41, 5.74) is 2.50. The topological polar surface area (TPSA) is 20.7 Å². The highest BCUT2D eigenvalue weighted by Gasteiger charge is 2.17. The number of imidazole rings is 1. The van der Waals surface area contributed by atoms with E-state index in [1.165, 1.54) is 25.7 Å². The number of aromatic nitrogens is 2. The maximum atomic E-state index is 13.5. The van der Waals surface area contributed by atoms with Crippen molar-refractivity contribution in [3.05, 3.63) is 28.3 Å². The van der Waals surface area contributed by atoms with Gasteiger partial charge in [-0.15, -0.1) is 0 Å². The number of halogens is 1. The molecule has 1 fully saturated rings. The summed E-state index contributed by atoms with van der Waals surface area (Å²) in [6, 6.07) is 3.43. The molecule has 1 aromatic carbocycles. The molecule has 0 unspecified atom stereocenters. The summed E-state index contributed by atoms with van der Waals surface area (Å²) in [6.07, 6.45) is 5.25. The number of hydrogen-bond donors (Lipinski definition) is 1. The number of nitrogens with zero attached hydrogens (tertiary/aromatic N) is 1. The van der Waals surface area contributed by atoms with Crippen LogP contribution in [0.15, 0.2) is 12.1 Å². The van der Waals surface area contributed by atoms with Crippen molar-refractivity contribution in [3.8, 4) is 0 Å². The average molecular weight is 264 g/mol. The molecule has 3 rings (SSSR count). The lowest BCUT2D eigenvalue weighted by Crippen LogP contribution is -2.13. The number of aromatic amines is 1. The molecule has 0 radical (unpaired) electrons. The molecule has 0 amide bonds. The maximum Gasteiger partial charge on any atom is 0.178 e. The molecule has 1 aliphatic carbocycles. The predicted octanol–water partition coefficient (Wildman–Crippen LogP) is 4.34. The number of hydrogen-bond acceptors (Lipinski definition) is 1. The van der Waals surface area contributed by atoms with Gasteiger partial charge in [-0.25, -0.2) is 4.39 Å². The molecule has 2 aromatic rings. The van der Waals surface area contributed by atoms with E-state index < -0.39 is 0 Å². The Morgan fingerprint density at radius 2 is 2.22 bits per heavy atom. The van der Waals surface area contributed by atoms with Crippen LogP contribution in [-0.2, 0) is 6.54 Å². The summed E-state index contributed by atoms with van der Waals surface area (Å²) in [5.74, 6) is 0.684. The Balaban J connectivity index is 1.96. The maximum absolute atomic E-state index is 13.5. The monoisotopic (exact) mass is 264 g/mol. The number of nitrogens with one attached hydrogen (secondary N) is 1. The fraction of sp³-hybridized carbons (Fsp3) is 0.500. The van der Waals surface area contributed by atoms with Crippen LogP contribution in [0.5, 0.6) is 0 Å². The minimum absolute atomic E-state index is 0.176. The molecule has 0 bridgehead atoms. The van der Waals surface area contributed by atoms with Crippen molar-refractivity contribution >= 4 is 23.3 Å². The van der Waals surface area contributed by atoms with Crippen LogP contribution in [0.2, 0.25) is 0 Å². The van der Waals surface area contributed by atoms with Crippen molar-refractivity contribution in [2.24, 2.45) is 5.92 Å². The summed E-state index contributed by atoms with van der Waals surface area (Å²) < 4.78 is 16.3. The molecule has 18 heavy (non-hydrogen) atoms. The quantitative estimate of drug-likeness (QED) is 0.818. The van der Waals surface area contributed by atoms with Crippen LogP contribution in [0.25, 0.3) is 11.0 Å². The third-order valence-corrected chi connectivity index (χ3v) is 4.36. The first-order chi connectivity index (χ1) is 8.65. The van der Waals surface area contributed by atoms with Gasteiger partial charge in [-0.3, -0.25) is 0 Å². The number of benzene rings is 1. The van der Waals surface area contributed by atoms with Crippen LogP contribution in [-0.4, -0.2) is 9.55 Å². The Morgan fingerprint density at radius 1 is 1.44 bits per heavy atom. The molecule has 0 saturated heterocycles. The second-order valence-corrected chi connectivity index (χ2v) is 5.67. The van der Waals surface area contributed by atoms with Crippen LogP contribution in [0.3, 0.4) is 0 Å². The molecule has 0 aliphatic heterocycles. The smallest absolute Gasteiger partial charge is 0.178 e. The number of H-pyrrole nitrogens is 1. The van der Waals surface area contributed by atoms with Gasteiger partial charge >= 0.3 is 0 Å². The van der Waals surface area contributed by atoms with Gasteiger partial charge in [0.1, 0.15) is 5.82 Å². The van der Waals surface area contributed by atoms with Crippen molar-refractivity contribution in [1.29, 1.82) is 0 Å². The molecular formula is C14H17FN2S. The van der Waals surface area contributed by atoms with Crippen molar-refractivity contribution in [2.75, 3.05) is 0 Å². The highest BCUT2D eigenvalue weighted by atomic mass is 32.1. The van der Waals surface area contributed by atoms with Crippen LogP contribution in [0, 0.1) is 23.4 Å². The second kappa shape index (κ2) is 4.50. The van der Waals surface area contributed by atoms with E-state index >= 15 is 0 Å². The van der Waals surface area contributed by atoms with Gasteiger partial charge in [-0.1, -0.05) is 19.3 Å². The Bertz CT molecular complexity index is 637. The van der Waals surface area contributed by atoms with E-state index in [2.05, 4.69) is 9.55 Å². The van der Waals surface area contributed by atoms with E-state index in [1.807, 2.05) is 6.07 Å². The fourth-order valence-electron chi connectivity index (χ4n) is 2.60. The largest absolute Gasteiger partial charge is 0.330 e.